The summed E-state index contributed by atoms with van der Waals surface area (Å²) < 4.78 is 7.93. The highest BCUT2D eigenvalue weighted by atomic mass is 79.9. The molecule has 0 aliphatic carbocycles. The van der Waals surface area contributed by atoms with Gasteiger partial charge in [0.2, 0.25) is 0 Å². The van der Waals surface area contributed by atoms with Gasteiger partial charge in [-0.15, -0.1) is 6.01 Å². The van der Waals surface area contributed by atoms with Crippen LogP contribution in [-0.4, -0.2) is 6.01 Å². The molecule has 0 amide bonds. The van der Waals surface area contributed by atoms with Crippen LogP contribution in [0.3, 0.4) is 0 Å². The Hall–Kier alpha value is -3.07. The van der Waals surface area contributed by atoms with E-state index < -0.39 is 0 Å². The number of benzene rings is 1. The molecule has 7 heteroatoms. The van der Waals surface area contributed by atoms with Gasteiger partial charge in [0.25, 0.3) is 5.69 Å². The molecule has 0 N–H and O–H groups in total. The lowest BCUT2D eigenvalue weighted by atomic mass is 10.2. The summed E-state index contributed by atoms with van der Waals surface area (Å²) in [5.41, 5.74) is 0.744. The van der Waals surface area contributed by atoms with Crippen molar-refractivity contribution in [3.05, 3.63) is 75.2 Å². The summed E-state index contributed by atoms with van der Waals surface area (Å²) in [5, 5.41) is 15.8. The van der Waals surface area contributed by atoms with Gasteiger partial charge in [-0.2, -0.15) is 9.83 Å². The first kappa shape index (κ1) is 16.3. The van der Waals surface area contributed by atoms with Crippen molar-refractivity contribution in [2.24, 2.45) is 4.99 Å². The average Bonchev–Trinajstić information content (AvgIpc) is 2.55. The lowest BCUT2D eigenvalue weighted by molar-refractivity contribution is -0.598. The molecule has 3 rings (SSSR count). The number of pyridine rings is 1. The highest BCUT2D eigenvalue weighted by Crippen LogP contribution is 2.13. The van der Waals surface area contributed by atoms with Gasteiger partial charge in [0.1, 0.15) is 5.58 Å². The van der Waals surface area contributed by atoms with Crippen molar-refractivity contribution in [2.75, 3.05) is 0 Å². The Balaban J connectivity index is 0.000000338. The predicted octanol–water partition coefficient (Wildman–Crippen LogP) is 3.04. The van der Waals surface area contributed by atoms with Crippen LogP contribution in [0.1, 0.15) is 0 Å². The van der Waals surface area contributed by atoms with E-state index in [0.717, 1.165) is 9.86 Å². The Morgan fingerprint density at radius 3 is 2.70 bits per heavy atom. The van der Waals surface area contributed by atoms with Crippen LogP contribution in [-0.2, 0) is 0 Å². The summed E-state index contributed by atoms with van der Waals surface area (Å²) in [4.78, 5) is 14.5. The van der Waals surface area contributed by atoms with Gasteiger partial charge in [-0.1, -0.05) is 18.2 Å². The molecule has 0 fully saturated rings. The van der Waals surface area contributed by atoms with Crippen molar-refractivity contribution in [1.29, 1.82) is 5.26 Å². The normalized spacial score (nSPS) is 9.22. The van der Waals surface area contributed by atoms with Crippen LogP contribution < -0.4 is 10.2 Å². The number of para-hydroxylation sites is 1. The highest BCUT2D eigenvalue weighted by Gasteiger charge is 2.14. The monoisotopic (exact) mass is 368 g/mol. The Morgan fingerprint density at radius 1 is 1.26 bits per heavy atom. The summed E-state index contributed by atoms with van der Waals surface area (Å²) in [6.07, 6.45) is 4.91. The van der Waals surface area contributed by atoms with Crippen LogP contribution in [0.2, 0.25) is 0 Å². The Bertz CT molecular complexity index is 985. The molecular formula is C16H9BrN4O2. The minimum Gasteiger partial charge on any atom is -0.422 e. The second-order valence-corrected chi connectivity index (χ2v) is 5.11. The second kappa shape index (κ2) is 7.80. The molecule has 0 aliphatic rings. The van der Waals surface area contributed by atoms with Gasteiger partial charge in [0.15, 0.2) is 12.4 Å². The quantitative estimate of drug-likeness (QED) is 0.286. The Labute approximate surface area is 139 Å². The van der Waals surface area contributed by atoms with E-state index in [1.165, 1.54) is 12.2 Å². The average molecular weight is 369 g/mol. The SMILES string of the molecule is N#CN=C=[N-].O=c1oc2ccccc2cc1-[n+]1cccc(Br)c1. The Kier molecular flexibility index (Phi) is 5.53. The molecule has 23 heavy (non-hydrogen) atoms. The van der Waals surface area contributed by atoms with E-state index >= 15 is 0 Å². The maximum absolute atomic E-state index is 11.9. The van der Waals surface area contributed by atoms with Crippen molar-refractivity contribution in [3.8, 4) is 11.9 Å². The van der Waals surface area contributed by atoms with Crippen LogP contribution in [0.4, 0.5) is 0 Å². The largest absolute Gasteiger partial charge is 0.422 e. The zero-order valence-electron chi connectivity index (χ0n) is 11.7. The van der Waals surface area contributed by atoms with E-state index in [9.17, 15) is 4.79 Å². The fourth-order valence-corrected chi connectivity index (χ4v) is 2.22. The summed E-state index contributed by atoms with van der Waals surface area (Å²) in [6, 6.07) is 14.3. The maximum Gasteiger partial charge on any atom is 0.409 e. The Morgan fingerprint density at radius 2 is 2.04 bits per heavy atom. The molecule has 0 unspecified atom stereocenters. The third-order valence-electron chi connectivity index (χ3n) is 2.77. The minimum absolute atomic E-state index is 0.350. The number of hydrogen-bond donors (Lipinski definition) is 0. The molecular weight excluding hydrogens is 360 g/mol. The van der Waals surface area contributed by atoms with E-state index in [2.05, 4.69) is 20.9 Å². The van der Waals surface area contributed by atoms with Gasteiger partial charge in [0, 0.05) is 17.5 Å². The number of rotatable bonds is 1. The van der Waals surface area contributed by atoms with Crippen molar-refractivity contribution >= 4 is 32.9 Å². The lowest BCUT2D eigenvalue weighted by Gasteiger charge is -1.98. The molecule has 0 saturated carbocycles. The number of aliphatic imine (C=N–C) groups is 1. The molecule has 0 atom stereocenters. The van der Waals surface area contributed by atoms with E-state index in [4.69, 9.17) is 15.1 Å². The van der Waals surface area contributed by atoms with Gasteiger partial charge in [0.05, 0.1) is 10.7 Å². The zero-order chi connectivity index (χ0) is 16.7. The summed E-state index contributed by atoms with van der Waals surface area (Å²) in [6.45, 7) is 0. The van der Waals surface area contributed by atoms with Crippen molar-refractivity contribution in [2.45, 2.75) is 0 Å². The second-order valence-electron chi connectivity index (χ2n) is 4.20. The number of nitriles is 1. The van der Waals surface area contributed by atoms with Crippen LogP contribution in [0.15, 0.2) is 73.5 Å². The molecule has 2 heterocycles. The first-order chi connectivity index (χ1) is 11.2. The van der Waals surface area contributed by atoms with Gasteiger partial charge in [-0.3, -0.25) is 0 Å². The third-order valence-corrected chi connectivity index (χ3v) is 3.23. The van der Waals surface area contributed by atoms with Gasteiger partial charge >= 0.3 is 5.63 Å². The summed E-state index contributed by atoms with van der Waals surface area (Å²) in [5.74, 6) is 0. The number of nitrogens with zero attached hydrogens (tertiary/aromatic N) is 4. The topological polar surface area (TPSA) is 92.5 Å². The van der Waals surface area contributed by atoms with Crippen molar-refractivity contribution in [1.82, 2.24) is 0 Å². The van der Waals surface area contributed by atoms with Crippen molar-refractivity contribution in [3.63, 3.8) is 0 Å². The van der Waals surface area contributed by atoms with Crippen LogP contribution >= 0.6 is 15.9 Å². The van der Waals surface area contributed by atoms with E-state index in [1.807, 2.05) is 48.8 Å². The lowest BCUT2D eigenvalue weighted by Crippen LogP contribution is -2.35. The molecule has 0 aliphatic heterocycles. The molecule has 2 aromatic heterocycles. The fraction of sp³-hybridized carbons (Fsp3) is 0. The molecule has 0 bridgehead atoms. The first-order valence-electron chi connectivity index (χ1n) is 6.33. The van der Waals surface area contributed by atoms with Crippen LogP contribution in [0.25, 0.3) is 22.1 Å². The number of hydrogen-bond acceptors (Lipinski definition) is 4. The van der Waals surface area contributed by atoms with Crippen molar-refractivity contribution < 1.29 is 8.98 Å². The zero-order valence-corrected chi connectivity index (χ0v) is 13.3. The number of fused-ring (bicyclic) bond motifs is 1. The van der Waals surface area contributed by atoms with Gasteiger partial charge in [-0.05, 0) is 28.1 Å². The molecule has 6 nitrogen and oxygen atoms in total. The number of aromatic nitrogens is 1. The highest BCUT2D eigenvalue weighted by molar-refractivity contribution is 9.10. The molecule has 0 saturated heterocycles. The smallest absolute Gasteiger partial charge is 0.409 e. The van der Waals surface area contributed by atoms with Gasteiger partial charge < -0.3 is 14.8 Å². The van der Waals surface area contributed by atoms with Crippen LogP contribution in [0.5, 0.6) is 0 Å². The molecule has 0 radical (unpaired) electrons. The van der Waals surface area contributed by atoms with E-state index in [0.29, 0.717) is 11.3 Å². The molecule has 112 valence electrons. The molecule has 1 aromatic carbocycles. The molecule has 0 spiro atoms. The van der Waals surface area contributed by atoms with Gasteiger partial charge in [-0.25, -0.2) is 4.79 Å². The minimum atomic E-state index is -0.350. The summed E-state index contributed by atoms with van der Waals surface area (Å²) in [7, 11) is 0. The first-order valence-corrected chi connectivity index (χ1v) is 7.13. The maximum atomic E-state index is 11.9. The third kappa shape index (κ3) is 4.20. The number of halogens is 1. The molecule has 3 aromatic rings. The standard InChI is InChI=1S/C14H9BrNO2.C2N3/c15-11-5-3-7-16(9-11)12-8-10-4-1-2-6-13(10)18-14(12)17;3-1-5-2-4/h1-9H;/q+1;-1. The fourth-order valence-electron chi connectivity index (χ4n) is 1.85. The summed E-state index contributed by atoms with van der Waals surface area (Å²) >= 11 is 3.38. The van der Waals surface area contributed by atoms with Crippen LogP contribution in [0, 0.1) is 11.5 Å². The predicted molar refractivity (Wildman–Crippen MR) is 88.1 cm³/mol. The van der Waals surface area contributed by atoms with E-state index in [-0.39, 0.29) is 5.63 Å². The van der Waals surface area contributed by atoms with E-state index in [1.54, 1.807) is 10.6 Å².